The zero-order chi connectivity index (χ0) is 21.0. The van der Waals surface area contributed by atoms with Gasteiger partial charge in [-0.1, -0.05) is 24.6 Å². The van der Waals surface area contributed by atoms with E-state index >= 15 is 0 Å². The van der Waals surface area contributed by atoms with Gasteiger partial charge >= 0.3 is 0 Å². The number of rotatable bonds is 7. The van der Waals surface area contributed by atoms with Crippen LogP contribution in [0.5, 0.6) is 0 Å². The summed E-state index contributed by atoms with van der Waals surface area (Å²) in [6.07, 6.45) is 1.80. The van der Waals surface area contributed by atoms with E-state index in [9.17, 15) is 9.90 Å². The van der Waals surface area contributed by atoms with E-state index in [-0.39, 0.29) is 11.9 Å². The maximum Gasteiger partial charge on any atom is 0.269 e. The highest BCUT2D eigenvalue weighted by Gasteiger charge is 2.17. The summed E-state index contributed by atoms with van der Waals surface area (Å²) in [5, 5.41) is 33.0. The fourth-order valence-corrected chi connectivity index (χ4v) is 3.04. The molecule has 2 heterocycles. The molecule has 29 heavy (non-hydrogen) atoms. The van der Waals surface area contributed by atoms with Crippen molar-refractivity contribution in [3.63, 3.8) is 0 Å². The summed E-state index contributed by atoms with van der Waals surface area (Å²) in [6, 6.07) is 10.5. The van der Waals surface area contributed by atoms with Gasteiger partial charge in [0.05, 0.1) is 34.6 Å². The first-order chi connectivity index (χ1) is 13.9. The molecule has 0 fully saturated rings. The van der Waals surface area contributed by atoms with E-state index in [1.807, 2.05) is 25.3 Å². The van der Waals surface area contributed by atoms with Crippen molar-refractivity contribution in [2.75, 3.05) is 0 Å². The Kier molecular flexibility index (Phi) is 6.32. The third-order valence-electron chi connectivity index (χ3n) is 4.53. The Morgan fingerprint density at radius 2 is 2.21 bits per heavy atom. The van der Waals surface area contributed by atoms with Crippen LogP contribution in [0.3, 0.4) is 0 Å². The van der Waals surface area contributed by atoms with E-state index in [2.05, 4.69) is 20.6 Å². The number of hydrogen-bond donors (Lipinski definition) is 3. The molecule has 1 aromatic carbocycles. The summed E-state index contributed by atoms with van der Waals surface area (Å²) in [4.78, 5) is 12.4. The van der Waals surface area contributed by atoms with Crippen LogP contribution in [-0.4, -0.2) is 37.0 Å². The van der Waals surface area contributed by atoms with Crippen molar-refractivity contribution < 1.29 is 9.90 Å². The Labute approximate surface area is 173 Å². The van der Waals surface area contributed by atoms with E-state index in [1.54, 1.807) is 29.8 Å². The number of nitrogens with one attached hydrogen (secondary N) is 2. The summed E-state index contributed by atoms with van der Waals surface area (Å²) >= 11 is 6.10. The average molecular weight is 413 g/mol. The van der Waals surface area contributed by atoms with Crippen LogP contribution in [0, 0.1) is 11.3 Å². The predicted octanol–water partition coefficient (Wildman–Crippen LogP) is 3.06. The fourth-order valence-electron chi connectivity index (χ4n) is 2.82. The zero-order valence-electron chi connectivity index (χ0n) is 16.1. The number of carbonyl (C=O) groups is 1. The van der Waals surface area contributed by atoms with Crippen LogP contribution < -0.4 is 5.32 Å². The molecule has 3 N–H and O–H groups in total. The van der Waals surface area contributed by atoms with Gasteiger partial charge in [-0.2, -0.15) is 15.5 Å². The number of halogens is 1. The molecule has 9 heteroatoms. The van der Waals surface area contributed by atoms with Crippen LogP contribution in [0.1, 0.15) is 48.1 Å². The minimum atomic E-state index is -0.743. The lowest BCUT2D eigenvalue weighted by atomic mass is 10.1. The van der Waals surface area contributed by atoms with Gasteiger partial charge in [0.25, 0.3) is 5.91 Å². The van der Waals surface area contributed by atoms with Gasteiger partial charge in [0.1, 0.15) is 11.8 Å². The number of aliphatic hydroxyl groups excluding tert-OH is 1. The number of nitriles is 1. The number of nitrogens with zero attached hydrogens (tertiary/aromatic N) is 4. The quantitative estimate of drug-likeness (QED) is 0.550. The summed E-state index contributed by atoms with van der Waals surface area (Å²) in [5.74, 6) is -0.289. The van der Waals surface area contributed by atoms with Crippen molar-refractivity contribution in [3.8, 4) is 17.3 Å². The molecule has 2 unspecified atom stereocenters. The van der Waals surface area contributed by atoms with Crippen molar-refractivity contribution in [1.82, 2.24) is 25.3 Å². The normalized spacial score (nSPS) is 12.9. The third kappa shape index (κ3) is 4.83. The molecule has 8 nitrogen and oxygen atoms in total. The van der Waals surface area contributed by atoms with E-state index in [0.29, 0.717) is 34.9 Å². The van der Waals surface area contributed by atoms with E-state index < -0.39 is 6.10 Å². The minimum Gasteiger partial charge on any atom is -0.387 e. The number of aromatic nitrogens is 4. The summed E-state index contributed by atoms with van der Waals surface area (Å²) in [7, 11) is 0. The molecule has 0 saturated carbocycles. The van der Waals surface area contributed by atoms with Gasteiger partial charge in [-0.15, -0.1) is 0 Å². The van der Waals surface area contributed by atoms with Crippen LogP contribution in [0.4, 0.5) is 0 Å². The largest absolute Gasteiger partial charge is 0.387 e. The molecule has 0 aliphatic carbocycles. The maximum atomic E-state index is 12.4. The molecule has 1 amide bonds. The van der Waals surface area contributed by atoms with Crippen LogP contribution >= 0.6 is 11.6 Å². The topological polar surface area (TPSA) is 120 Å². The molecule has 3 rings (SSSR count). The number of hydrogen-bond acceptors (Lipinski definition) is 5. The van der Waals surface area contributed by atoms with Gasteiger partial charge in [-0.3, -0.25) is 14.6 Å². The molecule has 0 radical (unpaired) electrons. The first-order valence-electron chi connectivity index (χ1n) is 9.19. The molecule has 150 valence electrons. The average Bonchev–Trinajstić information content (AvgIpc) is 3.37. The first kappa shape index (κ1) is 20.6. The number of amides is 1. The second-order valence-corrected chi connectivity index (χ2v) is 7.10. The molecule has 0 saturated heterocycles. The summed E-state index contributed by atoms with van der Waals surface area (Å²) in [5.41, 5.74) is 2.68. The lowest BCUT2D eigenvalue weighted by Crippen LogP contribution is -2.37. The summed E-state index contributed by atoms with van der Waals surface area (Å²) in [6.45, 7) is 4.05. The smallest absolute Gasteiger partial charge is 0.269 e. The van der Waals surface area contributed by atoms with E-state index in [1.165, 1.54) is 6.07 Å². The molecular weight excluding hydrogens is 392 g/mol. The van der Waals surface area contributed by atoms with Crippen molar-refractivity contribution in [1.29, 1.82) is 5.26 Å². The molecule has 2 aromatic heterocycles. The van der Waals surface area contributed by atoms with Crippen LogP contribution in [0.15, 0.2) is 36.5 Å². The van der Waals surface area contributed by atoms with Crippen molar-refractivity contribution in [2.24, 2.45) is 0 Å². The number of carbonyl (C=O) groups excluding carboxylic acids is 1. The standard InChI is InChI=1S/C20H21ClN6O2/c1-3-15(23-20(29)19-9-18(12(2)28)24-25-19)11-27-7-6-17(26-27)13-4-5-14(10-22)16(21)8-13/h4-9,12,15,28H,3,11H2,1-2H3,(H,23,29)(H,24,25). The monoisotopic (exact) mass is 412 g/mol. The van der Waals surface area contributed by atoms with Crippen LogP contribution in [0.2, 0.25) is 5.02 Å². The highest BCUT2D eigenvalue weighted by atomic mass is 35.5. The Balaban J connectivity index is 1.67. The van der Waals surface area contributed by atoms with Gasteiger partial charge < -0.3 is 10.4 Å². The first-order valence-corrected chi connectivity index (χ1v) is 9.56. The maximum absolute atomic E-state index is 12.4. The Morgan fingerprint density at radius 1 is 1.41 bits per heavy atom. The number of aromatic amines is 1. The van der Waals surface area contributed by atoms with Crippen LogP contribution in [0.25, 0.3) is 11.3 Å². The highest BCUT2D eigenvalue weighted by Crippen LogP contribution is 2.24. The van der Waals surface area contributed by atoms with Crippen molar-refractivity contribution in [2.45, 2.75) is 39.0 Å². The van der Waals surface area contributed by atoms with Gasteiger partial charge in [-0.05, 0) is 37.6 Å². The van der Waals surface area contributed by atoms with Crippen molar-refractivity contribution >= 4 is 17.5 Å². The number of aliphatic hydroxyl groups is 1. The third-order valence-corrected chi connectivity index (χ3v) is 4.84. The lowest BCUT2D eigenvalue weighted by Gasteiger charge is -2.16. The Morgan fingerprint density at radius 3 is 2.83 bits per heavy atom. The molecule has 2 atom stereocenters. The van der Waals surface area contributed by atoms with E-state index in [4.69, 9.17) is 16.9 Å². The number of benzene rings is 1. The second-order valence-electron chi connectivity index (χ2n) is 6.69. The van der Waals surface area contributed by atoms with Crippen LogP contribution in [-0.2, 0) is 6.54 Å². The Hall–Kier alpha value is -3.15. The van der Waals surface area contributed by atoms with Gasteiger partial charge in [-0.25, -0.2) is 0 Å². The molecule has 0 aliphatic heterocycles. The summed E-state index contributed by atoms with van der Waals surface area (Å²) < 4.78 is 1.75. The fraction of sp³-hybridized carbons (Fsp3) is 0.300. The minimum absolute atomic E-state index is 0.141. The zero-order valence-corrected chi connectivity index (χ0v) is 16.8. The second kappa shape index (κ2) is 8.90. The molecule has 0 aliphatic rings. The molecule has 0 spiro atoms. The highest BCUT2D eigenvalue weighted by molar-refractivity contribution is 6.32. The molecule has 3 aromatic rings. The lowest BCUT2D eigenvalue weighted by molar-refractivity contribution is 0.0926. The van der Waals surface area contributed by atoms with E-state index in [0.717, 1.165) is 11.3 Å². The van der Waals surface area contributed by atoms with Gasteiger partial charge in [0, 0.05) is 17.8 Å². The molecular formula is C20H21ClN6O2. The number of H-pyrrole nitrogens is 1. The van der Waals surface area contributed by atoms with Crippen molar-refractivity contribution in [3.05, 3.63) is 58.5 Å². The SMILES string of the molecule is CCC(Cn1ccc(-c2ccc(C#N)c(Cl)c2)n1)NC(=O)c1cc(C(C)O)n[nH]1. The van der Waals surface area contributed by atoms with Gasteiger partial charge in [0.15, 0.2) is 0 Å². The van der Waals surface area contributed by atoms with Gasteiger partial charge in [0.2, 0.25) is 0 Å². The Bertz CT molecular complexity index is 1050. The predicted molar refractivity (Wildman–Crippen MR) is 108 cm³/mol. The molecule has 0 bridgehead atoms.